The third kappa shape index (κ3) is 3.62. The van der Waals surface area contributed by atoms with Crippen LogP contribution in [0.3, 0.4) is 0 Å². The van der Waals surface area contributed by atoms with Gasteiger partial charge in [0.2, 0.25) is 0 Å². The Labute approximate surface area is 145 Å². The molecule has 2 rings (SSSR count). The van der Waals surface area contributed by atoms with Gasteiger partial charge in [-0.3, -0.25) is 0 Å². The molecule has 0 saturated carbocycles. The van der Waals surface area contributed by atoms with Crippen LogP contribution in [0.15, 0.2) is 34.8 Å². The minimum Gasteiger partial charge on any atom is -0.505 e. The maximum absolute atomic E-state index is 10.6. The third-order valence-electron chi connectivity index (χ3n) is 3.92. The Morgan fingerprint density at radius 1 is 1.22 bits per heavy atom. The largest absolute Gasteiger partial charge is 0.505 e. The molecule has 0 aliphatic carbocycles. The highest BCUT2D eigenvalue weighted by Gasteiger charge is 2.23. The molecular formula is C18H22BrNO3. The van der Waals surface area contributed by atoms with Gasteiger partial charge in [0.1, 0.15) is 10.2 Å². The van der Waals surface area contributed by atoms with Gasteiger partial charge in [0.25, 0.3) is 0 Å². The summed E-state index contributed by atoms with van der Waals surface area (Å²) in [6.45, 7) is 2.61. The van der Waals surface area contributed by atoms with Gasteiger partial charge in [-0.05, 0) is 46.0 Å². The van der Waals surface area contributed by atoms with Crippen molar-refractivity contribution < 1.29 is 14.9 Å². The van der Waals surface area contributed by atoms with Gasteiger partial charge >= 0.3 is 0 Å². The van der Waals surface area contributed by atoms with E-state index in [0.717, 1.165) is 16.7 Å². The molecule has 0 aliphatic rings. The van der Waals surface area contributed by atoms with Crippen molar-refractivity contribution in [3.63, 3.8) is 0 Å². The summed E-state index contributed by atoms with van der Waals surface area (Å²) in [6.07, 6.45) is 0.456. The van der Waals surface area contributed by atoms with Crippen molar-refractivity contribution in [3.05, 3.63) is 51.5 Å². The number of hydrogen-bond acceptors (Lipinski definition) is 4. The van der Waals surface area contributed by atoms with Crippen molar-refractivity contribution in [3.8, 4) is 11.5 Å². The van der Waals surface area contributed by atoms with E-state index in [9.17, 15) is 10.2 Å². The number of nitrogens with zero attached hydrogens (tertiary/aromatic N) is 1. The summed E-state index contributed by atoms with van der Waals surface area (Å²) in [7, 11) is 3.50. The molecule has 124 valence electrons. The highest BCUT2D eigenvalue weighted by Crippen LogP contribution is 2.46. The van der Waals surface area contributed by atoms with E-state index in [0.29, 0.717) is 28.9 Å². The molecule has 0 spiro atoms. The number of methoxy groups -OCH3 is 1. The van der Waals surface area contributed by atoms with Gasteiger partial charge in [-0.15, -0.1) is 0 Å². The number of phenolic OH excluding ortho intramolecular Hbond substituents is 1. The molecule has 4 nitrogen and oxygen atoms in total. The minimum absolute atomic E-state index is 0.0112. The van der Waals surface area contributed by atoms with Crippen LogP contribution in [0.5, 0.6) is 11.5 Å². The van der Waals surface area contributed by atoms with Crippen molar-refractivity contribution in [1.29, 1.82) is 0 Å². The lowest BCUT2D eigenvalue weighted by Crippen LogP contribution is -2.19. The standard InChI is InChI=1S/C18H22BrNO3/c1-12-14(9-10-21)16(17(22)15(19)18(12)23-3)20(2)11-13-7-5-4-6-8-13/h4-8,21-22H,9-11H2,1-3H3. The molecule has 0 amide bonds. The molecule has 2 aromatic rings. The summed E-state index contributed by atoms with van der Waals surface area (Å²) in [4.78, 5) is 1.99. The lowest BCUT2D eigenvalue weighted by atomic mass is 10.0. The Balaban J connectivity index is 2.51. The summed E-state index contributed by atoms with van der Waals surface area (Å²) in [6, 6.07) is 10.1. The molecule has 2 aromatic carbocycles. The predicted octanol–water partition coefficient (Wildman–Crippen LogP) is 3.64. The van der Waals surface area contributed by atoms with E-state index in [4.69, 9.17) is 4.74 Å². The fourth-order valence-corrected chi connectivity index (χ4v) is 3.49. The number of aliphatic hydroxyl groups excluding tert-OH is 1. The van der Waals surface area contributed by atoms with E-state index in [1.165, 1.54) is 0 Å². The topological polar surface area (TPSA) is 52.9 Å². The quantitative estimate of drug-likeness (QED) is 0.804. The number of halogens is 1. The number of aromatic hydroxyl groups is 1. The first-order chi connectivity index (χ1) is 11.0. The first-order valence-electron chi connectivity index (χ1n) is 7.45. The average Bonchev–Trinajstić information content (AvgIpc) is 2.54. The molecule has 0 aromatic heterocycles. The Morgan fingerprint density at radius 2 is 1.87 bits per heavy atom. The molecule has 0 fully saturated rings. The van der Waals surface area contributed by atoms with E-state index in [2.05, 4.69) is 15.9 Å². The monoisotopic (exact) mass is 379 g/mol. The van der Waals surface area contributed by atoms with Crippen molar-refractivity contribution in [2.24, 2.45) is 0 Å². The van der Waals surface area contributed by atoms with Gasteiger partial charge in [-0.2, -0.15) is 0 Å². The summed E-state index contributed by atoms with van der Waals surface area (Å²) in [5, 5.41) is 20.1. The Morgan fingerprint density at radius 3 is 2.43 bits per heavy atom. The van der Waals surface area contributed by atoms with Gasteiger partial charge in [0.15, 0.2) is 5.75 Å². The van der Waals surface area contributed by atoms with Crippen LogP contribution >= 0.6 is 15.9 Å². The van der Waals surface area contributed by atoms with Crippen molar-refractivity contribution in [2.75, 3.05) is 25.7 Å². The van der Waals surface area contributed by atoms with E-state index in [1.54, 1.807) is 7.11 Å². The minimum atomic E-state index is 0.0112. The van der Waals surface area contributed by atoms with Crippen LogP contribution < -0.4 is 9.64 Å². The van der Waals surface area contributed by atoms with Crippen molar-refractivity contribution in [2.45, 2.75) is 19.9 Å². The smallest absolute Gasteiger partial charge is 0.157 e. The van der Waals surface area contributed by atoms with Crippen molar-refractivity contribution in [1.82, 2.24) is 0 Å². The van der Waals surface area contributed by atoms with E-state index >= 15 is 0 Å². The molecular weight excluding hydrogens is 358 g/mol. The molecule has 0 aliphatic heterocycles. The maximum Gasteiger partial charge on any atom is 0.157 e. The molecule has 0 bridgehead atoms. The summed E-state index contributed by atoms with van der Waals surface area (Å²) >= 11 is 3.42. The summed E-state index contributed by atoms with van der Waals surface area (Å²) in [5.74, 6) is 0.733. The number of benzene rings is 2. The van der Waals surface area contributed by atoms with Gasteiger partial charge in [0, 0.05) is 20.2 Å². The summed E-state index contributed by atoms with van der Waals surface area (Å²) < 4.78 is 5.93. The SMILES string of the molecule is COc1c(C)c(CCO)c(N(C)Cc2ccccc2)c(O)c1Br. The first kappa shape index (κ1) is 17.6. The number of rotatable bonds is 6. The molecule has 2 N–H and O–H groups in total. The van der Waals surface area contributed by atoms with Crippen molar-refractivity contribution >= 4 is 21.6 Å². The molecule has 5 heteroatoms. The molecule has 0 heterocycles. The van der Waals surface area contributed by atoms with Crippen LogP contribution in [0.1, 0.15) is 16.7 Å². The van der Waals surface area contributed by atoms with Crippen LogP contribution in [-0.2, 0) is 13.0 Å². The fraction of sp³-hybridized carbons (Fsp3) is 0.333. The highest BCUT2D eigenvalue weighted by molar-refractivity contribution is 9.10. The number of anilines is 1. The highest BCUT2D eigenvalue weighted by atomic mass is 79.9. The summed E-state index contributed by atoms with van der Waals surface area (Å²) in [5.41, 5.74) is 3.67. The van der Waals surface area contributed by atoms with Gasteiger partial charge in [-0.25, -0.2) is 0 Å². The molecule has 0 saturated heterocycles. The van der Waals surface area contributed by atoms with Crippen LogP contribution in [0.2, 0.25) is 0 Å². The van der Waals surface area contributed by atoms with Gasteiger partial charge in [0.05, 0.1) is 12.8 Å². The zero-order valence-electron chi connectivity index (χ0n) is 13.6. The average molecular weight is 380 g/mol. The zero-order chi connectivity index (χ0) is 17.0. The first-order valence-corrected chi connectivity index (χ1v) is 8.24. The Hall–Kier alpha value is -1.72. The molecule has 0 unspecified atom stereocenters. The second-order valence-electron chi connectivity index (χ2n) is 5.46. The second-order valence-corrected chi connectivity index (χ2v) is 6.26. The van der Waals surface area contributed by atoms with Crippen LogP contribution in [0, 0.1) is 6.92 Å². The van der Waals surface area contributed by atoms with Crippen LogP contribution in [0.25, 0.3) is 0 Å². The van der Waals surface area contributed by atoms with Crippen LogP contribution in [0.4, 0.5) is 5.69 Å². The maximum atomic E-state index is 10.6. The molecule has 0 radical (unpaired) electrons. The van der Waals surface area contributed by atoms with Crippen LogP contribution in [-0.4, -0.2) is 31.0 Å². The second kappa shape index (κ2) is 7.70. The lowest BCUT2D eigenvalue weighted by molar-refractivity contribution is 0.299. The zero-order valence-corrected chi connectivity index (χ0v) is 15.2. The van der Waals surface area contributed by atoms with E-state index in [1.807, 2.05) is 49.2 Å². The molecule has 23 heavy (non-hydrogen) atoms. The van der Waals surface area contributed by atoms with Gasteiger partial charge < -0.3 is 19.8 Å². The normalized spacial score (nSPS) is 10.7. The molecule has 0 atom stereocenters. The fourth-order valence-electron chi connectivity index (χ4n) is 2.84. The van der Waals surface area contributed by atoms with E-state index in [-0.39, 0.29) is 12.4 Å². The third-order valence-corrected chi connectivity index (χ3v) is 4.66. The number of ether oxygens (including phenoxy) is 1. The number of phenols is 1. The number of hydrogen-bond donors (Lipinski definition) is 2. The van der Waals surface area contributed by atoms with Gasteiger partial charge in [-0.1, -0.05) is 30.3 Å². The Kier molecular flexibility index (Phi) is 5.91. The van der Waals surface area contributed by atoms with E-state index < -0.39 is 0 Å². The Bertz CT molecular complexity index is 674. The predicted molar refractivity (Wildman–Crippen MR) is 96.4 cm³/mol. The lowest BCUT2D eigenvalue weighted by Gasteiger charge is -2.27. The number of aliphatic hydroxyl groups is 1.